The molecule has 0 bridgehead atoms. The van der Waals surface area contributed by atoms with Crippen molar-refractivity contribution in [1.29, 1.82) is 0 Å². The van der Waals surface area contributed by atoms with Crippen LogP contribution < -0.4 is 87.6 Å². The number of likely N-dealkylation sites (tertiary alicyclic amines) is 1. The van der Waals surface area contributed by atoms with Crippen molar-refractivity contribution in [1.82, 2.24) is 73.0 Å². The number of ether oxygens (including phenoxy) is 3. The Morgan fingerprint density at radius 2 is 1.23 bits per heavy atom. The molecule has 1 fully saturated rings. The Hall–Kier alpha value is -9.93. The number of benzene rings is 1. The molecular weight excluding hydrogens is 1390 g/mol. The van der Waals surface area contributed by atoms with Gasteiger partial charge in [0.05, 0.1) is 71.6 Å². The molecule has 3 aromatic rings. The van der Waals surface area contributed by atoms with Crippen molar-refractivity contribution in [3.8, 4) is 0 Å². The maximum absolute atomic E-state index is 14.9. The maximum atomic E-state index is 14.9. The van der Waals surface area contributed by atoms with Crippen molar-refractivity contribution in [2.45, 2.75) is 178 Å². The third-order valence-corrected chi connectivity index (χ3v) is 16.8. The summed E-state index contributed by atoms with van der Waals surface area (Å²) in [6.45, 7) is 4.89. The van der Waals surface area contributed by atoms with Gasteiger partial charge in [-0.3, -0.25) is 67.3 Å². The second kappa shape index (κ2) is 48.2. The zero-order chi connectivity index (χ0) is 78.1. The summed E-state index contributed by atoms with van der Waals surface area (Å²) >= 11 is 0. The Kier molecular flexibility index (Phi) is 40.3. The van der Waals surface area contributed by atoms with Crippen molar-refractivity contribution in [2.24, 2.45) is 45.3 Å². The fraction of sp³-hybridized carbons (Fsp3) is 0.627. The molecule has 4 rings (SSSR count). The number of nitrogens with zero attached hydrogens (tertiary/aromatic N) is 3. The number of carbonyl (C=O) groups is 13. The molecule has 3 heterocycles. The second-order valence-corrected chi connectivity index (χ2v) is 25.8. The molecule has 1 aliphatic rings. The number of aromatic amines is 2. The number of nitrogens with one attached hydrogen (secondary N) is 12. The molecule has 0 aliphatic carbocycles. The average molecular weight is 1500 g/mol. The van der Waals surface area contributed by atoms with Crippen LogP contribution in [0.4, 0.5) is 0 Å². The number of nitrogens with two attached hydrogens (primary N) is 6. The fourth-order valence-electron chi connectivity index (χ4n) is 11.2. The number of aliphatic hydroxyl groups excluding tert-OH is 1. The van der Waals surface area contributed by atoms with E-state index in [4.69, 9.17) is 48.6 Å². The molecule has 12 amide bonds. The summed E-state index contributed by atoms with van der Waals surface area (Å²) in [5.41, 5.74) is 35.3. The van der Waals surface area contributed by atoms with Crippen molar-refractivity contribution in [2.75, 3.05) is 85.5 Å². The van der Waals surface area contributed by atoms with Gasteiger partial charge in [-0.25, -0.2) is 4.98 Å². The summed E-state index contributed by atoms with van der Waals surface area (Å²) in [5.74, 6) is -11.3. The third-order valence-electron chi connectivity index (χ3n) is 16.8. The van der Waals surface area contributed by atoms with Crippen LogP contribution in [-0.2, 0) is 89.4 Å². The molecule has 1 aromatic carbocycles. The SMILES string of the molecule is CC(C)C[C@@H](N)C(=O)NCC(=O)N[C@H](C)C(=O)N[C@H](CO)C(=O)N[C@H](Cc1c[nH]c2ccccc12)C(=O)N[C@H](Cc1cnc[nH]1)C(=O)N[C@H](CCCN=C(N)N)C(=O)N1CCC[C@@H]1C(=O)N[C@H](CC(=O)O)C(=O)N[C@H](CCCCN)C(=O)NCCOCCOCCOCCC(=O)N[C@@H](CCCCN)C(N)=O. The van der Waals surface area contributed by atoms with Gasteiger partial charge in [0.2, 0.25) is 70.9 Å². The van der Waals surface area contributed by atoms with Crippen LogP contribution in [0.15, 0.2) is 48.0 Å². The fourth-order valence-corrected chi connectivity index (χ4v) is 11.2. The number of imidazole rings is 1. The highest BCUT2D eigenvalue weighted by molar-refractivity contribution is 6.00. The van der Waals surface area contributed by atoms with Gasteiger partial charge in [0.1, 0.15) is 54.4 Å². The number of aromatic nitrogens is 3. The van der Waals surface area contributed by atoms with Crippen LogP contribution in [0.1, 0.15) is 115 Å². The van der Waals surface area contributed by atoms with E-state index in [1.165, 1.54) is 19.4 Å². The standard InChI is InChI=1S/C67H109N21O18/c1-39(2)30-44(70)59(96)78-36-55(91)80-40(3)58(95)87-52(37-89)64(101)84-49(31-41-34-77-45-13-5-4-12-43(41)45)61(98)85-50(32-42-35-74-38-79-42)62(99)83-48(16-10-21-76-67(72)73)66(103)88-23-11-17-53(88)65(102)86-51(33-56(92)93)63(100)82-47(15-7-9-20-69)60(97)75-22-25-105-27-29-106-28-26-104-24-18-54(90)81-46(57(71)94)14-6-8-19-68/h4-5,12-13,34-35,38-40,44,46-53,77,89H,6-11,14-33,36-37,68-70H2,1-3H3,(H2,71,94)(H,74,79)(H,75,97)(H,78,96)(H,80,91)(H,81,90)(H,82,100)(H,83,99)(H,84,101)(H,85,98)(H,86,102)(H,87,95)(H,92,93)(H4,72,73,76)/t40-,44-,46+,47-,48-,49-,50-,51-,52-,53-/m1/s1. The number of guanidine groups is 1. The van der Waals surface area contributed by atoms with Crippen LogP contribution in [0, 0.1) is 5.92 Å². The van der Waals surface area contributed by atoms with Crippen molar-refractivity contribution in [3.05, 3.63) is 54.2 Å². The molecule has 1 aliphatic heterocycles. The number of carbonyl (C=O) groups excluding carboxylic acids is 12. The first-order chi connectivity index (χ1) is 50.7. The minimum Gasteiger partial charge on any atom is -0.481 e. The Morgan fingerprint density at radius 1 is 0.632 bits per heavy atom. The molecule has 0 spiro atoms. The van der Waals surface area contributed by atoms with Gasteiger partial charge in [-0.05, 0) is 108 Å². The van der Waals surface area contributed by atoms with E-state index in [0.717, 1.165) is 4.90 Å². The number of hydrogen-bond donors (Lipinski definition) is 20. The minimum atomic E-state index is -1.77. The Labute approximate surface area is 613 Å². The quantitative estimate of drug-likeness (QED) is 0.0142. The molecular formula is C67H109N21O18. The highest BCUT2D eigenvalue weighted by Gasteiger charge is 2.41. The smallest absolute Gasteiger partial charge is 0.305 e. The van der Waals surface area contributed by atoms with Gasteiger partial charge in [0.25, 0.3) is 0 Å². The van der Waals surface area contributed by atoms with Gasteiger partial charge in [0.15, 0.2) is 5.96 Å². The van der Waals surface area contributed by atoms with E-state index in [-0.39, 0.29) is 135 Å². The number of carboxylic acid groups (broad SMARTS) is 1. The predicted octanol–water partition coefficient (Wildman–Crippen LogP) is -6.12. The minimum absolute atomic E-state index is 0.00424. The van der Waals surface area contributed by atoms with Crippen LogP contribution in [0.2, 0.25) is 0 Å². The van der Waals surface area contributed by atoms with Crippen LogP contribution >= 0.6 is 0 Å². The Bertz CT molecular complexity index is 3350. The number of aliphatic carboxylic acids is 1. The topological polar surface area (TPSA) is 627 Å². The van der Waals surface area contributed by atoms with Gasteiger partial charge < -0.3 is 127 Å². The van der Waals surface area contributed by atoms with E-state index in [0.29, 0.717) is 67.2 Å². The number of unbranched alkanes of at least 4 members (excludes halogenated alkanes) is 2. The van der Waals surface area contributed by atoms with Crippen molar-refractivity contribution < 1.29 is 86.8 Å². The second-order valence-electron chi connectivity index (χ2n) is 25.8. The lowest BCUT2D eigenvalue weighted by Gasteiger charge is -2.31. The van der Waals surface area contributed by atoms with Crippen molar-refractivity contribution >= 4 is 93.7 Å². The number of para-hydroxylation sites is 1. The summed E-state index contributed by atoms with van der Waals surface area (Å²) in [6.07, 6.45) is 5.97. The third kappa shape index (κ3) is 32.6. The lowest BCUT2D eigenvalue weighted by atomic mass is 10.0. The first-order valence-corrected chi connectivity index (χ1v) is 35.5. The number of aliphatic hydroxyl groups is 1. The molecule has 1 saturated heterocycles. The highest BCUT2D eigenvalue weighted by Crippen LogP contribution is 2.22. The van der Waals surface area contributed by atoms with E-state index in [9.17, 15) is 72.5 Å². The Morgan fingerprint density at radius 3 is 1.85 bits per heavy atom. The van der Waals surface area contributed by atoms with E-state index in [2.05, 4.69) is 73.1 Å². The van der Waals surface area contributed by atoms with Crippen LogP contribution in [-0.4, -0.2) is 259 Å². The van der Waals surface area contributed by atoms with Crippen LogP contribution in [0.5, 0.6) is 0 Å². The van der Waals surface area contributed by atoms with Gasteiger partial charge in [-0.2, -0.15) is 0 Å². The molecule has 106 heavy (non-hydrogen) atoms. The highest BCUT2D eigenvalue weighted by atomic mass is 16.5. The number of amides is 12. The number of H-pyrrole nitrogens is 2. The maximum Gasteiger partial charge on any atom is 0.305 e. The predicted molar refractivity (Wildman–Crippen MR) is 385 cm³/mol. The summed E-state index contributed by atoms with van der Waals surface area (Å²) < 4.78 is 16.5. The zero-order valence-corrected chi connectivity index (χ0v) is 60.4. The van der Waals surface area contributed by atoms with Gasteiger partial charge in [0, 0.05) is 67.9 Å². The number of rotatable bonds is 53. The number of aliphatic imine (C=N–C) groups is 1. The molecule has 0 radical (unpaired) electrons. The van der Waals surface area contributed by atoms with Gasteiger partial charge in [-0.1, -0.05) is 32.0 Å². The molecule has 590 valence electrons. The molecule has 10 atom stereocenters. The number of fused-ring (bicyclic) bond motifs is 1. The molecule has 39 nitrogen and oxygen atoms in total. The van der Waals surface area contributed by atoms with Gasteiger partial charge >= 0.3 is 5.97 Å². The first kappa shape index (κ1) is 88.5. The largest absolute Gasteiger partial charge is 0.481 e. The number of hydrogen-bond acceptors (Lipinski definition) is 22. The average Bonchev–Trinajstić information content (AvgIpc) is 1.62. The number of primary amides is 1. The monoisotopic (exact) mass is 1500 g/mol. The molecule has 26 N–H and O–H groups in total. The van der Waals surface area contributed by atoms with Crippen LogP contribution in [0.3, 0.4) is 0 Å². The summed E-state index contributed by atoms with van der Waals surface area (Å²) in [6, 6.07) is -6.55. The van der Waals surface area contributed by atoms with Crippen LogP contribution in [0.25, 0.3) is 10.9 Å². The normalized spacial score (nSPS) is 15.2. The van der Waals surface area contributed by atoms with Gasteiger partial charge in [-0.15, -0.1) is 0 Å². The lowest BCUT2D eigenvalue weighted by Crippen LogP contribution is -2.61. The van der Waals surface area contributed by atoms with E-state index >= 15 is 0 Å². The summed E-state index contributed by atoms with van der Waals surface area (Å²) in [5, 5.41) is 46.6. The van der Waals surface area contributed by atoms with Crippen molar-refractivity contribution in [3.63, 3.8) is 0 Å². The lowest BCUT2D eigenvalue weighted by molar-refractivity contribution is -0.144. The van der Waals surface area contributed by atoms with E-state index in [1.54, 1.807) is 30.5 Å². The number of carboxylic acids is 1. The van der Waals surface area contributed by atoms with E-state index < -0.39 is 151 Å². The summed E-state index contributed by atoms with van der Waals surface area (Å²) in [7, 11) is 0. The first-order valence-electron chi connectivity index (χ1n) is 35.5. The molecule has 39 heteroatoms. The molecule has 2 aromatic heterocycles. The molecule has 0 saturated carbocycles. The summed E-state index contributed by atoms with van der Waals surface area (Å²) in [4.78, 5) is 191. The van der Waals surface area contributed by atoms with E-state index in [1.807, 2.05) is 13.8 Å². The zero-order valence-electron chi connectivity index (χ0n) is 60.4. The Balaban J connectivity index is 1.46. The molecule has 0 unspecified atom stereocenters.